The lowest BCUT2D eigenvalue weighted by molar-refractivity contribution is 0.0949. The summed E-state index contributed by atoms with van der Waals surface area (Å²) in [7, 11) is 0. The molecule has 1 amide bonds. The molecule has 100 valence electrons. The average Bonchev–Trinajstić information content (AvgIpc) is 2.78. The Labute approximate surface area is 108 Å². The third kappa shape index (κ3) is 3.03. The molecule has 0 unspecified atom stereocenters. The number of carbonyl (C=O) groups excluding carboxylic acids is 1. The van der Waals surface area contributed by atoms with Crippen LogP contribution in [0.4, 0.5) is 10.2 Å². The van der Waals surface area contributed by atoms with Crippen molar-refractivity contribution < 1.29 is 13.7 Å². The number of nitrogens with one attached hydrogen (secondary N) is 1. The van der Waals surface area contributed by atoms with Crippen LogP contribution in [0.1, 0.15) is 22.1 Å². The Kier molecular flexibility index (Phi) is 3.69. The molecule has 0 fully saturated rings. The van der Waals surface area contributed by atoms with Crippen molar-refractivity contribution in [2.24, 2.45) is 0 Å². The second-order valence-electron chi connectivity index (χ2n) is 3.80. The van der Waals surface area contributed by atoms with Gasteiger partial charge in [-0.1, -0.05) is 5.16 Å². The molecular weight excluding hydrogens is 253 g/mol. The highest BCUT2D eigenvalue weighted by molar-refractivity contribution is 5.95. The molecular formula is C11H12FN5O2. The molecule has 0 bridgehead atoms. The summed E-state index contributed by atoms with van der Waals surface area (Å²) in [5.74, 6) is -0.765. The predicted molar refractivity (Wildman–Crippen MR) is 63.7 cm³/mol. The molecule has 2 rings (SSSR count). The van der Waals surface area contributed by atoms with Crippen LogP contribution in [0.25, 0.3) is 0 Å². The molecule has 0 radical (unpaired) electrons. The molecule has 0 aliphatic rings. The van der Waals surface area contributed by atoms with Crippen molar-refractivity contribution in [2.75, 3.05) is 12.3 Å². The van der Waals surface area contributed by atoms with Crippen molar-refractivity contribution >= 4 is 11.7 Å². The van der Waals surface area contributed by atoms with Crippen molar-refractivity contribution in [2.45, 2.75) is 13.3 Å². The van der Waals surface area contributed by atoms with Crippen LogP contribution < -0.4 is 11.1 Å². The molecule has 0 aliphatic heterocycles. The van der Waals surface area contributed by atoms with Gasteiger partial charge in [-0.2, -0.15) is 4.98 Å². The zero-order valence-corrected chi connectivity index (χ0v) is 10.2. The number of aryl methyl sites for hydroxylation is 1. The van der Waals surface area contributed by atoms with Crippen molar-refractivity contribution in [1.29, 1.82) is 0 Å². The summed E-state index contributed by atoms with van der Waals surface area (Å²) in [6.45, 7) is 1.95. The first-order valence-corrected chi connectivity index (χ1v) is 5.55. The SMILES string of the molecule is Cc1noc(CCNC(=O)c2ccnc(N)c2F)n1. The van der Waals surface area contributed by atoms with Crippen LogP contribution >= 0.6 is 0 Å². The normalized spacial score (nSPS) is 10.4. The van der Waals surface area contributed by atoms with Crippen LogP contribution in [0.15, 0.2) is 16.8 Å². The van der Waals surface area contributed by atoms with E-state index < -0.39 is 11.7 Å². The predicted octanol–water partition coefficient (Wildman–Crippen LogP) is 0.467. The number of hydrogen-bond donors (Lipinski definition) is 2. The summed E-state index contributed by atoms with van der Waals surface area (Å²) < 4.78 is 18.4. The maximum absolute atomic E-state index is 13.5. The van der Waals surface area contributed by atoms with Crippen LogP contribution in [0.5, 0.6) is 0 Å². The highest BCUT2D eigenvalue weighted by Crippen LogP contribution is 2.11. The summed E-state index contributed by atoms with van der Waals surface area (Å²) >= 11 is 0. The van der Waals surface area contributed by atoms with E-state index in [2.05, 4.69) is 20.4 Å². The number of pyridine rings is 1. The minimum Gasteiger partial charge on any atom is -0.381 e. The summed E-state index contributed by atoms with van der Waals surface area (Å²) in [4.78, 5) is 19.2. The van der Waals surface area contributed by atoms with Gasteiger partial charge in [-0.15, -0.1) is 0 Å². The minimum absolute atomic E-state index is 0.144. The van der Waals surface area contributed by atoms with E-state index >= 15 is 0 Å². The second kappa shape index (κ2) is 5.42. The summed E-state index contributed by atoms with van der Waals surface area (Å²) in [6.07, 6.45) is 1.64. The van der Waals surface area contributed by atoms with E-state index in [1.54, 1.807) is 6.92 Å². The van der Waals surface area contributed by atoms with Gasteiger partial charge in [0.05, 0.1) is 5.56 Å². The molecule has 2 aromatic rings. The van der Waals surface area contributed by atoms with Gasteiger partial charge in [0.25, 0.3) is 5.91 Å². The van der Waals surface area contributed by atoms with Crippen LogP contribution in [-0.4, -0.2) is 27.6 Å². The Morgan fingerprint density at radius 3 is 3.05 bits per heavy atom. The van der Waals surface area contributed by atoms with Crippen LogP contribution in [0.3, 0.4) is 0 Å². The smallest absolute Gasteiger partial charge is 0.254 e. The number of nitrogen functional groups attached to an aromatic ring is 1. The van der Waals surface area contributed by atoms with Crippen molar-refractivity contribution in [3.63, 3.8) is 0 Å². The van der Waals surface area contributed by atoms with E-state index in [0.29, 0.717) is 18.1 Å². The highest BCUT2D eigenvalue weighted by Gasteiger charge is 2.14. The van der Waals surface area contributed by atoms with E-state index in [4.69, 9.17) is 10.3 Å². The number of anilines is 1. The lowest BCUT2D eigenvalue weighted by Crippen LogP contribution is -2.27. The van der Waals surface area contributed by atoms with Gasteiger partial charge in [-0.3, -0.25) is 4.79 Å². The van der Waals surface area contributed by atoms with E-state index in [-0.39, 0.29) is 17.9 Å². The zero-order chi connectivity index (χ0) is 13.8. The molecule has 0 saturated carbocycles. The quantitative estimate of drug-likeness (QED) is 0.832. The van der Waals surface area contributed by atoms with Gasteiger partial charge < -0.3 is 15.6 Å². The van der Waals surface area contributed by atoms with Gasteiger partial charge in [-0.25, -0.2) is 9.37 Å². The summed E-state index contributed by atoms with van der Waals surface area (Å²) in [5.41, 5.74) is 5.14. The number of hydrogen-bond acceptors (Lipinski definition) is 6. The van der Waals surface area contributed by atoms with E-state index in [1.807, 2.05) is 0 Å². The van der Waals surface area contributed by atoms with Crippen LogP contribution in [0.2, 0.25) is 0 Å². The number of rotatable bonds is 4. The maximum atomic E-state index is 13.5. The fourth-order valence-electron chi connectivity index (χ4n) is 1.46. The van der Waals surface area contributed by atoms with Crippen molar-refractivity contribution in [1.82, 2.24) is 20.4 Å². The second-order valence-corrected chi connectivity index (χ2v) is 3.80. The number of aromatic nitrogens is 3. The van der Waals surface area contributed by atoms with Gasteiger partial charge in [0.15, 0.2) is 17.5 Å². The van der Waals surface area contributed by atoms with Crippen LogP contribution in [0, 0.1) is 12.7 Å². The standard InChI is InChI=1S/C11H12FN5O2/c1-6-16-8(19-17-6)3-5-15-11(18)7-2-4-14-10(13)9(7)12/h2,4H,3,5H2,1H3,(H2,13,14)(H,15,18). The molecule has 0 atom stereocenters. The molecule has 2 aromatic heterocycles. The molecule has 3 N–H and O–H groups in total. The first-order valence-electron chi connectivity index (χ1n) is 5.55. The van der Waals surface area contributed by atoms with Gasteiger partial charge in [0.1, 0.15) is 0 Å². The topological polar surface area (TPSA) is 107 Å². The Morgan fingerprint density at radius 2 is 2.37 bits per heavy atom. The maximum Gasteiger partial charge on any atom is 0.254 e. The summed E-state index contributed by atoms with van der Waals surface area (Å²) in [5, 5.41) is 6.15. The lowest BCUT2D eigenvalue weighted by Gasteiger charge is -2.05. The molecule has 8 heteroatoms. The lowest BCUT2D eigenvalue weighted by atomic mass is 10.2. The van der Waals surface area contributed by atoms with Gasteiger partial charge in [0, 0.05) is 19.2 Å². The molecule has 0 aromatic carbocycles. The third-order valence-corrected chi connectivity index (χ3v) is 2.35. The first kappa shape index (κ1) is 12.9. The van der Waals surface area contributed by atoms with Crippen molar-refractivity contribution in [3.05, 3.63) is 35.4 Å². The number of halogens is 1. The van der Waals surface area contributed by atoms with Crippen LogP contribution in [-0.2, 0) is 6.42 Å². The number of nitrogens with two attached hydrogens (primary N) is 1. The fourth-order valence-corrected chi connectivity index (χ4v) is 1.46. The molecule has 0 saturated heterocycles. The average molecular weight is 265 g/mol. The van der Waals surface area contributed by atoms with E-state index in [0.717, 1.165) is 0 Å². The monoisotopic (exact) mass is 265 g/mol. The van der Waals surface area contributed by atoms with E-state index in [9.17, 15) is 9.18 Å². The van der Waals surface area contributed by atoms with Crippen molar-refractivity contribution in [3.8, 4) is 0 Å². The molecule has 7 nitrogen and oxygen atoms in total. The zero-order valence-electron chi connectivity index (χ0n) is 10.2. The Morgan fingerprint density at radius 1 is 1.58 bits per heavy atom. The number of amides is 1. The van der Waals surface area contributed by atoms with Gasteiger partial charge in [-0.05, 0) is 13.0 Å². The highest BCUT2D eigenvalue weighted by atomic mass is 19.1. The van der Waals surface area contributed by atoms with Gasteiger partial charge in [0.2, 0.25) is 5.89 Å². The third-order valence-electron chi connectivity index (χ3n) is 2.35. The number of carbonyl (C=O) groups is 1. The molecule has 0 aliphatic carbocycles. The first-order chi connectivity index (χ1) is 9.08. The minimum atomic E-state index is -0.825. The van der Waals surface area contributed by atoms with Gasteiger partial charge >= 0.3 is 0 Å². The molecule has 2 heterocycles. The largest absolute Gasteiger partial charge is 0.381 e. The molecule has 0 spiro atoms. The van der Waals surface area contributed by atoms with E-state index in [1.165, 1.54) is 12.3 Å². The Bertz CT molecular complexity index is 599. The summed E-state index contributed by atoms with van der Waals surface area (Å²) in [6, 6.07) is 1.26. The Hall–Kier alpha value is -2.51. The molecule has 19 heavy (non-hydrogen) atoms. The number of nitrogens with zero attached hydrogens (tertiary/aromatic N) is 3. The fraction of sp³-hybridized carbons (Fsp3) is 0.273. The Balaban J connectivity index is 1.93.